The van der Waals surface area contributed by atoms with Gasteiger partial charge in [-0.05, 0) is 30.5 Å². The molecule has 1 aromatic carbocycles. The third-order valence-corrected chi connectivity index (χ3v) is 5.93. The third kappa shape index (κ3) is 2.98. The zero-order valence-corrected chi connectivity index (χ0v) is 12.7. The summed E-state index contributed by atoms with van der Waals surface area (Å²) in [6.07, 6.45) is 1.22. The first-order chi connectivity index (χ1) is 8.84. The summed E-state index contributed by atoms with van der Waals surface area (Å²) in [5.74, 6) is -1.18. The minimum atomic E-state index is -3.53. The average molecular weight is 348 g/mol. The van der Waals surface area contributed by atoms with E-state index in [4.69, 9.17) is 0 Å². The van der Waals surface area contributed by atoms with Crippen molar-refractivity contribution in [1.82, 2.24) is 4.31 Å². The molecule has 0 amide bonds. The molecule has 1 aliphatic carbocycles. The van der Waals surface area contributed by atoms with Crippen molar-refractivity contribution in [2.75, 3.05) is 7.05 Å². The number of nitrogens with zero attached hydrogens (tertiary/aromatic N) is 1. The van der Waals surface area contributed by atoms with Crippen LogP contribution in [0.4, 0.5) is 0 Å². The minimum Gasteiger partial charge on any atom is -0.480 e. The van der Waals surface area contributed by atoms with Crippen LogP contribution in [0.5, 0.6) is 0 Å². The highest BCUT2D eigenvalue weighted by atomic mass is 79.9. The van der Waals surface area contributed by atoms with Gasteiger partial charge in [0.15, 0.2) is 0 Å². The Bertz CT molecular complexity index is 598. The number of hydrogen-bond donors (Lipinski definition) is 1. The number of carboxylic acid groups (broad SMARTS) is 1. The Morgan fingerprint density at radius 3 is 2.58 bits per heavy atom. The Labute approximate surface area is 120 Å². The highest BCUT2D eigenvalue weighted by molar-refractivity contribution is 9.10. The summed E-state index contributed by atoms with van der Waals surface area (Å²) in [7, 11) is -2.21. The van der Waals surface area contributed by atoms with Crippen molar-refractivity contribution < 1.29 is 18.3 Å². The average Bonchev–Trinajstić information content (AvgIpc) is 3.12. The van der Waals surface area contributed by atoms with Crippen LogP contribution in [-0.4, -0.2) is 36.1 Å². The van der Waals surface area contributed by atoms with Gasteiger partial charge in [0.1, 0.15) is 6.04 Å². The highest BCUT2D eigenvalue weighted by Gasteiger charge is 2.43. The van der Waals surface area contributed by atoms with E-state index in [2.05, 4.69) is 15.9 Å². The van der Waals surface area contributed by atoms with Crippen molar-refractivity contribution in [2.45, 2.75) is 24.1 Å². The Hall–Kier alpha value is -0.920. The summed E-state index contributed by atoms with van der Waals surface area (Å²) in [5, 5.41) is 8.91. The van der Waals surface area contributed by atoms with Crippen LogP contribution < -0.4 is 0 Å². The van der Waals surface area contributed by atoms with E-state index in [1.807, 2.05) is 0 Å². The molecule has 1 aliphatic rings. The number of carboxylic acids is 1. The van der Waals surface area contributed by atoms with Gasteiger partial charge in [-0.15, -0.1) is 0 Å². The van der Waals surface area contributed by atoms with Crippen LogP contribution in [0.25, 0.3) is 0 Å². The van der Waals surface area contributed by atoms with Crippen LogP contribution in [0, 0.1) is 0 Å². The van der Waals surface area contributed by atoms with Gasteiger partial charge < -0.3 is 5.11 Å². The molecular weight excluding hydrogens is 334 g/mol. The van der Waals surface area contributed by atoms with Crippen LogP contribution in [0.1, 0.15) is 24.4 Å². The lowest BCUT2D eigenvalue weighted by atomic mass is 10.1. The van der Waals surface area contributed by atoms with Crippen LogP contribution >= 0.6 is 15.9 Å². The van der Waals surface area contributed by atoms with Gasteiger partial charge in [0, 0.05) is 11.5 Å². The fourth-order valence-corrected chi connectivity index (χ4v) is 4.06. The maximum atomic E-state index is 12.1. The molecule has 2 rings (SSSR count). The molecule has 1 unspecified atom stereocenters. The first-order valence-electron chi connectivity index (χ1n) is 5.79. The molecule has 0 heterocycles. The second kappa shape index (κ2) is 5.22. The first kappa shape index (κ1) is 14.5. The zero-order chi connectivity index (χ0) is 14.2. The number of rotatable bonds is 5. The summed E-state index contributed by atoms with van der Waals surface area (Å²) in [6, 6.07) is 5.49. The Kier molecular flexibility index (Phi) is 3.98. The number of sulfonamides is 1. The number of benzene rings is 1. The molecule has 0 aliphatic heterocycles. The smallest absolute Gasteiger partial charge is 0.326 e. The van der Waals surface area contributed by atoms with Gasteiger partial charge in [0.2, 0.25) is 10.0 Å². The molecule has 7 heteroatoms. The van der Waals surface area contributed by atoms with E-state index in [0.29, 0.717) is 22.9 Å². The van der Waals surface area contributed by atoms with E-state index in [9.17, 15) is 18.3 Å². The predicted octanol–water partition coefficient (Wildman–Crippen LogP) is 2.00. The maximum absolute atomic E-state index is 12.1. The van der Waals surface area contributed by atoms with E-state index in [1.54, 1.807) is 24.3 Å². The van der Waals surface area contributed by atoms with Gasteiger partial charge in [-0.25, -0.2) is 8.42 Å². The van der Waals surface area contributed by atoms with Crippen molar-refractivity contribution in [3.63, 3.8) is 0 Å². The summed E-state index contributed by atoms with van der Waals surface area (Å²) in [5.41, 5.74) is 0.439. The number of halogens is 1. The summed E-state index contributed by atoms with van der Waals surface area (Å²) in [6.45, 7) is 0. The molecule has 104 valence electrons. The van der Waals surface area contributed by atoms with Crippen LogP contribution in [-0.2, 0) is 14.8 Å². The second-order valence-corrected chi connectivity index (χ2v) is 7.74. The zero-order valence-electron chi connectivity index (χ0n) is 10.3. The molecule has 0 bridgehead atoms. The van der Waals surface area contributed by atoms with Crippen LogP contribution in [0.15, 0.2) is 28.7 Å². The van der Waals surface area contributed by atoms with Gasteiger partial charge in [-0.1, -0.05) is 28.1 Å². The van der Waals surface area contributed by atoms with Gasteiger partial charge in [0.05, 0.1) is 5.25 Å². The highest BCUT2D eigenvalue weighted by Crippen LogP contribution is 2.34. The molecule has 0 radical (unpaired) electrons. The summed E-state index contributed by atoms with van der Waals surface area (Å²) < 4.78 is 26.0. The van der Waals surface area contributed by atoms with E-state index in [-0.39, 0.29) is 0 Å². The van der Waals surface area contributed by atoms with E-state index >= 15 is 0 Å². The Morgan fingerprint density at radius 1 is 1.47 bits per heavy atom. The summed E-state index contributed by atoms with van der Waals surface area (Å²) in [4.78, 5) is 11.4. The van der Waals surface area contributed by atoms with Gasteiger partial charge in [-0.3, -0.25) is 4.79 Å². The molecular formula is C12H14BrNO4S. The van der Waals surface area contributed by atoms with Crippen molar-refractivity contribution in [2.24, 2.45) is 0 Å². The lowest BCUT2D eigenvalue weighted by Gasteiger charge is -2.24. The van der Waals surface area contributed by atoms with Crippen molar-refractivity contribution in [3.8, 4) is 0 Å². The predicted molar refractivity (Wildman–Crippen MR) is 74.2 cm³/mol. The van der Waals surface area contributed by atoms with Crippen molar-refractivity contribution >= 4 is 31.9 Å². The molecule has 1 fully saturated rings. The molecule has 1 N–H and O–H groups in total. The lowest BCUT2D eigenvalue weighted by molar-refractivity contribution is -0.141. The van der Waals surface area contributed by atoms with Gasteiger partial charge in [0.25, 0.3) is 0 Å². The van der Waals surface area contributed by atoms with E-state index in [1.165, 1.54) is 7.05 Å². The van der Waals surface area contributed by atoms with Crippen LogP contribution in [0.3, 0.4) is 0 Å². The van der Waals surface area contributed by atoms with Crippen LogP contribution in [0.2, 0.25) is 0 Å². The number of aliphatic carboxylic acids is 1. The maximum Gasteiger partial charge on any atom is 0.326 e. The monoisotopic (exact) mass is 347 g/mol. The second-order valence-electron chi connectivity index (χ2n) is 4.56. The SMILES string of the molecule is CN(C(C(=O)O)c1cccc(Br)c1)S(=O)(=O)C1CC1. The fraction of sp³-hybridized carbons (Fsp3) is 0.417. The minimum absolute atomic E-state index is 0.425. The van der Waals surface area contributed by atoms with Crippen molar-refractivity contribution in [1.29, 1.82) is 0 Å². The van der Waals surface area contributed by atoms with E-state index < -0.39 is 27.3 Å². The quantitative estimate of drug-likeness (QED) is 0.883. The largest absolute Gasteiger partial charge is 0.480 e. The normalized spacial score (nSPS) is 17.4. The lowest BCUT2D eigenvalue weighted by Crippen LogP contribution is -2.37. The fourth-order valence-electron chi connectivity index (χ4n) is 1.93. The molecule has 1 atom stereocenters. The van der Waals surface area contributed by atoms with Gasteiger partial charge in [-0.2, -0.15) is 4.31 Å². The number of carbonyl (C=O) groups is 1. The molecule has 0 aromatic heterocycles. The molecule has 19 heavy (non-hydrogen) atoms. The molecule has 1 saturated carbocycles. The molecule has 5 nitrogen and oxygen atoms in total. The Morgan fingerprint density at radius 2 is 2.11 bits per heavy atom. The standard InChI is InChI=1S/C12H14BrNO4S/c1-14(19(17,18)10-5-6-10)11(12(15)16)8-3-2-4-9(13)7-8/h2-4,7,10-11H,5-6H2,1H3,(H,15,16). The number of likely N-dealkylation sites (N-methyl/N-ethyl adjacent to an activating group) is 1. The molecule has 0 saturated heterocycles. The molecule has 1 aromatic rings. The Balaban J connectivity index is 2.38. The van der Waals surface area contributed by atoms with Crippen molar-refractivity contribution in [3.05, 3.63) is 34.3 Å². The summed E-state index contributed by atoms with van der Waals surface area (Å²) >= 11 is 3.26. The topological polar surface area (TPSA) is 74.7 Å². The van der Waals surface area contributed by atoms with E-state index in [0.717, 1.165) is 4.31 Å². The third-order valence-electron chi connectivity index (χ3n) is 3.11. The molecule has 0 spiro atoms. The van der Waals surface area contributed by atoms with Gasteiger partial charge >= 0.3 is 5.97 Å². The number of hydrogen-bond acceptors (Lipinski definition) is 3. The first-order valence-corrected chi connectivity index (χ1v) is 8.09.